The molecule has 0 aromatic rings. The minimum atomic E-state index is 0.312. The Balaban J connectivity index is 1.65. The maximum absolute atomic E-state index is 12.3. The van der Waals surface area contributed by atoms with E-state index in [1.807, 2.05) is 0 Å². The number of carbonyl (C=O) groups excluding carboxylic acids is 1. The van der Waals surface area contributed by atoms with Gasteiger partial charge >= 0.3 is 0 Å². The van der Waals surface area contributed by atoms with E-state index in [0.717, 1.165) is 36.5 Å². The highest BCUT2D eigenvalue weighted by Gasteiger charge is 2.62. The van der Waals surface area contributed by atoms with Crippen LogP contribution in [0.15, 0.2) is 0 Å². The van der Waals surface area contributed by atoms with Crippen molar-refractivity contribution in [2.75, 3.05) is 7.05 Å². The van der Waals surface area contributed by atoms with Crippen LogP contribution in [0.2, 0.25) is 0 Å². The van der Waals surface area contributed by atoms with Crippen LogP contribution in [0.25, 0.3) is 0 Å². The average Bonchev–Trinajstić information content (AvgIpc) is 2.81. The molecule has 2 N–H and O–H groups in total. The van der Waals surface area contributed by atoms with Crippen molar-refractivity contribution in [1.82, 2.24) is 4.90 Å². The number of likely N-dealkylation sites (tertiary alicyclic amines) is 1. The van der Waals surface area contributed by atoms with E-state index in [4.69, 9.17) is 5.73 Å². The van der Waals surface area contributed by atoms with E-state index in [1.54, 1.807) is 0 Å². The second-order valence-electron chi connectivity index (χ2n) is 10.6. The van der Waals surface area contributed by atoms with Crippen LogP contribution in [0.1, 0.15) is 72.6 Å². The molecule has 3 aliphatic carbocycles. The van der Waals surface area contributed by atoms with Gasteiger partial charge in [-0.15, -0.1) is 0 Å². The fourth-order valence-electron chi connectivity index (χ4n) is 8.67. The monoisotopic (exact) mass is 346 g/mol. The number of piperidine rings is 1. The number of nitrogens with two attached hydrogens (primary N) is 1. The Hall–Kier alpha value is -0.570. The standard InChI is InChI=1S/C22H38N2O/c1-13-12-17-15-6-7-18-21(3,11-9-19(25)24(18)5)16(15)8-10-22(17,4)20(13)14(2)23/h13-18,20H,6-12,23H2,1-5H3/t13-,14?,15+,16-,17-,18+,20+,21+,22-/m0/s1. The number of hydrogen-bond acceptors (Lipinski definition) is 2. The van der Waals surface area contributed by atoms with Gasteiger partial charge < -0.3 is 10.6 Å². The Kier molecular flexibility index (Phi) is 4.07. The largest absolute Gasteiger partial charge is 0.342 e. The van der Waals surface area contributed by atoms with E-state index >= 15 is 0 Å². The molecule has 4 fully saturated rings. The summed E-state index contributed by atoms with van der Waals surface area (Å²) in [6.07, 6.45) is 8.47. The van der Waals surface area contributed by atoms with E-state index in [-0.39, 0.29) is 0 Å². The van der Waals surface area contributed by atoms with Gasteiger partial charge in [0.1, 0.15) is 0 Å². The van der Waals surface area contributed by atoms with Gasteiger partial charge in [0.25, 0.3) is 0 Å². The van der Waals surface area contributed by atoms with Gasteiger partial charge in [-0.3, -0.25) is 4.79 Å². The van der Waals surface area contributed by atoms with Crippen LogP contribution in [-0.4, -0.2) is 29.9 Å². The van der Waals surface area contributed by atoms with Crippen molar-refractivity contribution in [3.05, 3.63) is 0 Å². The van der Waals surface area contributed by atoms with Crippen molar-refractivity contribution in [1.29, 1.82) is 0 Å². The Morgan fingerprint density at radius 2 is 1.84 bits per heavy atom. The number of rotatable bonds is 1. The quantitative estimate of drug-likeness (QED) is 0.778. The molecule has 0 radical (unpaired) electrons. The Labute approximate surface area is 154 Å². The third-order valence-electron chi connectivity index (χ3n) is 9.56. The molecule has 3 nitrogen and oxygen atoms in total. The minimum Gasteiger partial charge on any atom is -0.342 e. The van der Waals surface area contributed by atoms with Crippen molar-refractivity contribution in [3.63, 3.8) is 0 Å². The van der Waals surface area contributed by atoms with Gasteiger partial charge in [0.05, 0.1) is 0 Å². The highest BCUT2D eigenvalue weighted by atomic mass is 16.2. The first-order valence-corrected chi connectivity index (χ1v) is 10.7. The molecule has 1 heterocycles. The maximum atomic E-state index is 12.3. The molecule has 1 saturated heterocycles. The van der Waals surface area contributed by atoms with Gasteiger partial charge in [-0.2, -0.15) is 0 Å². The predicted octanol–water partition coefficient (Wildman–Crippen LogP) is 4.06. The molecule has 0 bridgehead atoms. The molecule has 142 valence electrons. The van der Waals surface area contributed by atoms with Crippen molar-refractivity contribution < 1.29 is 4.79 Å². The first-order valence-electron chi connectivity index (χ1n) is 10.7. The molecule has 0 aromatic heterocycles. The topological polar surface area (TPSA) is 46.3 Å². The number of hydrogen-bond donors (Lipinski definition) is 1. The number of fused-ring (bicyclic) bond motifs is 5. The van der Waals surface area contributed by atoms with Crippen LogP contribution in [0, 0.1) is 40.4 Å². The minimum absolute atomic E-state index is 0.312. The summed E-state index contributed by atoms with van der Waals surface area (Å²) in [4.78, 5) is 14.4. The van der Waals surface area contributed by atoms with E-state index in [9.17, 15) is 4.79 Å². The predicted molar refractivity (Wildman–Crippen MR) is 102 cm³/mol. The number of nitrogens with zero attached hydrogens (tertiary/aromatic N) is 1. The van der Waals surface area contributed by atoms with Gasteiger partial charge in [-0.1, -0.05) is 20.8 Å². The Morgan fingerprint density at radius 3 is 2.52 bits per heavy atom. The molecule has 4 aliphatic rings. The SMILES string of the molecule is CC(N)[C@H]1[C@@H](C)C[C@H]2[C@@H]3CC[C@H]4N(C)C(=O)CC[C@]4(C)[C@H]3CC[C@@]21C. The summed E-state index contributed by atoms with van der Waals surface area (Å²) in [6.45, 7) is 9.77. The fraction of sp³-hybridized carbons (Fsp3) is 0.955. The Bertz CT molecular complexity index is 560. The fourth-order valence-corrected chi connectivity index (χ4v) is 8.67. The zero-order valence-corrected chi connectivity index (χ0v) is 16.9. The second kappa shape index (κ2) is 5.71. The second-order valence-corrected chi connectivity index (χ2v) is 10.6. The van der Waals surface area contributed by atoms with Gasteiger partial charge in [0, 0.05) is 25.6 Å². The summed E-state index contributed by atoms with van der Waals surface area (Å²) < 4.78 is 0. The van der Waals surface area contributed by atoms with Crippen LogP contribution in [0.4, 0.5) is 0 Å². The molecule has 3 saturated carbocycles. The normalized spacial score (nSPS) is 53.8. The van der Waals surface area contributed by atoms with Crippen molar-refractivity contribution in [2.24, 2.45) is 46.2 Å². The van der Waals surface area contributed by atoms with E-state index in [2.05, 4.69) is 39.6 Å². The van der Waals surface area contributed by atoms with E-state index in [1.165, 1.54) is 32.1 Å². The third-order valence-corrected chi connectivity index (χ3v) is 9.56. The third kappa shape index (κ3) is 2.30. The van der Waals surface area contributed by atoms with Gasteiger partial charge in [-0.25, -0.2) is 0 Å². The van der Waals surface area contributed by atoms with Gasteiger partial charge in [-0.05, 0) is 85.9 Å². The zero-order chi connectivity index (χ0) is 18.1. The van der Waals surface area contributed by atoms with E-state index < -0.39 is 0 Å². The maximum Gasteiger partial charge on any atom is 0.222 e. The first-order chi connectivity index (χ1) is 11.7. The molecule has 4 rings (SSSR count). The van der Waals surface area contributed by atoms with Crippen LogP contribution >= 0.6 is 0 Å². The molecule has 0 aromatic carbocycles. The summed E-state index contributed by atoms with van der Waals surface area (Å²) in [5, 5.41) is 0. The first kappa shape index (κ1) is 17.8. The molecule has 3 heteroatoms. The lowest BCUT2D eigenvalue weighted by Crippen LogP contribution is -2.61. The van der Waals surface area contributed by atoms with Crippen LogP contribution < -0.4 is 5.73 Å². The molecular weight excluding hydrogens is 308 g/mol. The lowest BCUT2D eigenvalue weighted by molar-refractivity contribution is -0.158. The molecule has 9 atom stereocenters. The van der Waals surface area contributed by atoms with Crippen molar-refractivity contribution in [3.8, 4) is 0 Å². The lowest BCUT2D eigenvalue weighted by atomic mass is 9.46. The molecule has 1 amide bonds. The zero-order valence-electron chi connectivity index (χ0n) is 16.9. The highest BCUT2D eigenvalue weighted by molar-refractivity contribution is 5.77. The summed E-state index contributed by atoms with van der Waals surface area (Å²) >= 11 is 0. The Morgan fingerprint density at radius 1 is 1.12 bits per heavy atom. The van der Waals surface area contributed by atoms with Crippen molar-refractivity contribution in [2.45, 2.75) is 84.7 Å². The average molecular weight is 347 g/mol. The molecule has 1 aliphatic heterocycles. The van der Waals surface area contributed by atoms with Crippen LogP contribution in [0.3, 0.4) is 0 Å². The van der Waals surface area contributed by atoms with E-state index in [0.29, 0.717) is 34.7 Å². The molecule has 0 spiro atoms. The number of amides is 1. The summed E-state index contributed by atoms with van der Waals surface area (Å²) in [5.74, 6) is 4.31. The number of carbonyl (C=O) groups is 1. The molecule has 1 unspecified atom stereocenters. The summed E-state index contributed by atoms with van der Waals surface area (Å²) in [6, 6.07) is 0.786. The van der Waals surface area contributed by atoms with Gasteiger partial charge in [0.2, 0.25) is 5.91 Å². The highest BCUT2D eigenvalue weighted by Crippen LogP contribution is 2.67. The smallest absolute Gasteiger partial charge is 0.222 e. The molecule has 25 heavy (non-hydrogen) atoms. The van der Waals surface area contributed by atoms with Crippen LogP contribution in [-0.2, 0) is 4.79 Å². The molecular formula is C22H38N2O. The van der Waals surface area contributed by atoms with Crippen LogP contribution in [0.5, 0.6) is 0 Å². The lowest BCUT2D eigenvalue weighted by Gasteiger charge is -2.62. The van der Waals surface area contributed by atoms with Crippen molar-refractivity contribution >= 4 is 5.91 Å². The van der Waals surface area contributed by atoms with Gasteiger partial charge in [0.15, 0.2) is 0 Å². The summed E-state index contributed by atoms with van der Waals surface area (Å²) in [5.41, 5.74) is 7.24. The summed E-state index contributed by atoms with van der Waals surface area (Å²) in [7, 11) is 2.06.